The molecular formula is C23H29F3O6. The Morgan fingerprint density at radius 3 is 2.75 bits per heavy atom. The Labute approximate surface area is 185 Å². The minimum atomic E-state index is -4.47. The predicted octanol–water partition coefficient (Wildman–Crippen LogP) is 3.97. The van der Waals surface area contributed by atoms with Gasteiger partial charge in [0.25, 0.3) is 0 Å². The second kappa shape index (κ2) is 12.6. The van der Waals surface area contributed by atoms with E-state index >= 15 is 0 Å². The van der Waals surface area contributed by atoms with E-state index in [1.165, 1.54) is 18.2 Å². The Balaban J connectivity index is 1.77. The molecule has 0 spiro atoms. The molecule has 32 heavy (non-hydrogen) atoms. The van der Waals surface area contributed by atoms with Gasteiger partial charge in [-0.05, 0) is 43.9 Å². The second-order valence-corrected chi connectivity index (χ2v) is 7.65. The highest BCUT2D eigenvalue weighted by Gasteiger charge is 2.34. The summed E-state index contributed by atoms with van der Waals surface area (Å²) in [6, 6.07) is 4.44. The Morgan fingerprint density at radius 1 is 1.28 bits per heavy atom. The third-order valence-electron chi connectivity index (χ3n) is 5.08. The zero-order valence-corrected chi connectivity index (χ0v) is 17.6. The summed E-state index contributed by atoms with van der Waals surface area (Å²) in [5.74, 6) is -0.970. The average molecular weight is 458 g/mol. The summed E-state index contributed by atoms with van der Waals surface area (Å²) >= 11 is 0. The number of carboxylic acid groups (broad SMARTS) is 1. The maximum absolute atomic E-state index is 12.7. The summed E-state index contributed by atoms with van der Waals surface area (Å²) < 4.78 is 49.1. The number of halogens is 3. The number of benzene rings is 1. The zero-order chi connectivity index (χ0) is 23.6. The van der Waals surface area contributed by atoms with Crippen molar-refractivity contribution in [1.29, 1.82) is 0 Å². The molecule has 2 rings (SSSR count). The van der Waals surface area contributed by atoms with Crippen molar-refractivity contribution in [2.75, 3.05) is 13.2 Å². The third-order valence-corrected chi connectivity index (χ3v) is 5.08. The molecular weight excluding hydrogens is 429 g/mol. The summed E-state index contributed by atoms with van der Waals surface area (Å²) in [7, 11) is 0. The van der Waals surface area contributed by atoms with E-state index in [1.54, 1.807) is 6.08 Å². The van der Waals surface area contributed by atoms with Crippen LogP contribution in [0.15, 0.2) is 48.6 Å². The van der Waals surface area contributed by atoms with Crippen molar-refractivity contribution in [2.45, 2.75) is 56.6 Å². The lowest BCUT2D eigenvalue weighted by molar-refractivity contribution is -0.138. The van der Waals surface area contributed by atoms with Gasteiger partial charge in [0.2, 0.25) is 0 Å². The number of aliphatic hydroxyl groups is 2. The summed E-state index contributed by atoms with van der Waals surface area (Å²) in [6.45, 7) is -0.0379. The number of alkyl halides is 3. The average Bonchev–Trinajstić information content (AvgIpc) is 3.09. The van der Waals surface area contributed by atoms with Gasteiger partial charge in [0.15, 0.2) is 0 Å². The van der Waals surface area contributed by atoms with Gasteiger partial charge in [0, 0.05) is 12.3 Å². The van der Waals surface area contributed by atoms with Crippen molar-refractivity contribution in [2.24, 2.45) is 5.92 Å². The second-order valence-electron chi connectivity index (χ2n) is 7.65. The Hall–Kier alpha value is -2.36. The first-order chi connectivity index (χ1) is 15.2. The van der Waals surface area contributed by atoms with Gasteiger partial charge in [-0.15, -0.1) is 0 Å². The molecule has 4 atom stereocenters. The molecule has 6 nitrogen and oxygen atoms in total. The lowest BCUT2D eigenvalue weighted by Crippen LogP contribution is -2.23. The molecule has 178 valence electrons. The van der Waals surface area contributed by atoms with Crippen LogP contribution in [0.25, 0.3) is 0 Å². The highest BCUT2D eigenvalue weighted by atomic mass is 19.4. The van der Waals surface area contributed by atoms with E-state index in [9.17, 15) is 28.2 Å². The Kier molecular flexibility index (Phi) is 10.2. The minimum Gasteiger partial charge on any atom is -0.491 e. The fourth-order valence-corrected chi connectivity index (χ4v) is 3.38. The van der Waals surface area contributed by atoms with Crippen LogP contribution in [-0.2, 0) is 15.7 Å². The number of ether oxygens (including phenoxy) is 2. The molecule has 3 N–H and O–H groups in total. The van der Waals surface area contributed by atoms with Crippen molar-refractivity contribution < 1.29 is 42.8 Å². The van der Waals surface area contributed by atoms with Crippen molar-refractivity contribution >= 4 is 5.97 Å². The predicted molar refractivity (Wildman–Crippen MR) is 111 cm³/mol. The fourth-order valence-electron chi connectivity index (χ4n) is 3.38. The molecule has 1 fully saturated rings. The normalized spacial score (nSPS) is 22.6. The number of allylic oxidation sites excluding steroid dienone is 2. The van der Waals surface area contributed by atoms with Crippen LogP contribution in [0.5, 0.6) is 5.75 Å². The van der Waals surface area contributed by atoms with Crippen molar-refractivity contribution in [3.05, 3.63) is 54.1 Å². The van der Waals surface area contributed by atoms with Gasteiger partial charge in [-0.25, -0.2) is 0 Å². The van der Waals surface area contributed by atoms with E-state index < -0.39 is 29.9 Å². The summed E-state index contributed by atoms with van der Waals surface area (Å²) in [6.07, 6.45) is 3.13. The highest BCUT2D eigenvalue weighted by molar-refractivity contribution is 5.66. The molecule has 1 heterocycles. The van der Waals surface area contributed by atoms with Crippen LogP contribution in [0.3, 0.4) is 0 Å². The molecule has 0 aliphatic carbocycles. The van der Waals surface area contributed by atoms with Crippen molar-refractivity contribution in [3.63, 3.8) is 0 Å². The number of carboxylic acids is 1. The number of unbranched alkanes of at least 4 members (excludes halogenated alkanes) is 1. The molecule has 1 saturated heterocycles. The smallest absolute Gasteiger partial charge is 0.416 e. The minimum absolute atomic E-state index is 0.00843. The number of aliphatic hydroxyl groups excluding tert-OH is 2. The maximum atomic E-state index is 12.7. The topological polar surface area (TPSA) is 96.2 Å². The monoisotopic (exact) mass is 458 g/mol. The van der Waals surface area contributed by atoms with Gasteiger partial charge >= 0.3 is 12.1 Å². The number of carbonyl (C=O) groups is 1. The van der Waals surface area contributed by atoms with Gasteiger partial charge in [-0.3, -0.25) is 4.79 Å². The van der Waals surface area contributed by atoms with Crippen LogP contribution >= 0.6 is 0 Å². The summed E-state index contributed by atoms with van der Waals surface area (Å²) in [5.41, 5.74) is -0.826. The van der Waals surface area contributed by atoms with Crippen LogP contribution in [0, 0.1) is 5.92 Å². The molecule has 1 aromatic rings. The van der Waals surface area contributed by atoms with Gasteiger partial charge < -0.3 is 24.8 Å². The molecule has 0 aromatic heterocycles. The maximum Gasteiger partial charge on any atom is 0.416 e. The molecule has 0 saturated carbocycles. The van der Waals surface area contributed by atoms with Crippen LogP contribution < -0.4 is 4.74 Å². The van der Waals surface area contributed by atoms with Gasteiger partial charge in [-0.1, -0.05) is 30.4 Å². The number of aliphatic carboxylic acids is 1. The van der Waals surface area contributed by atoms with E-state index in [1.807, 2.05) is 12.2 Å². The molecule has 0 radical (unpaired) electrons. The van der Waals surface area contributed by atoms with E-state index in [4.69, 9.17) is 14.6 Å². The molecule has 9 heteroatoms. The number of hydrogen-bond donors (Lipinski definition) is 3. The molecule has 0 unspecified atom stereocenters. The third kappa shape index (κ3) is 9.02. The van der Waals surface area contributed by atoms with Crippen molar-refractivity contribution in [1.82, 2.24) is 0 Å². The largest absolute Gasteiger partial charge is 0.491 e. The highest BCUT2D eigenvalue weighted by Crippen LogP contribution is 2.31. The Bertz CT molecular complexity index is 777. The standard InChI is InChI=1S/C23H29F3O6/c24-23(25,26)16-7-6-8-18(13-16)31-14-17(27)11-12-21-19(20(28)15-32-21)9-4-2-1-3-5-10-22(29)30/h1,3,6-8,11-13,17,19-21,27-28H,2,4-5,9-10,14-15H2,(H,29,30)/b3-1-,12-11+/t17-,19-,20-,21+/m0/s1. The van der Waals surface area contributed by atoms with Gasteiger partial charge in [0.1, 0.15) is 18.5 Å². The first kappa shape index (κ1) is 25.9. The van der Waals surface area contributed by atoms with Crippen LogP contribution in [0.1, 0.15) is 37.7 Å². The van der Waals surface area contributed by atoms with Crippen molar-refractivity contribution in [3.8, 4) is 5.75 Å². The summed E-state index contributed by atoms with van der Waals surface area (Å²) in [4.78, 5) is 10.5. The first-order valence-corrected chi connectivity index (χ1v) is 10.5. The van der Waals surface area contributed by atoms with Gasteiger partial charge in [-0.2, -0.15) is 13.2 Å². The Morgan fingerprint density at radius 2 is 2.03 bits per heavy atom. The van der Waals surface area contributed by atoms with E-state index in [-0.39, 0.29) is 37.4 Å². The molecule has 0 amide bonds. The molecule has 0 bridgehead atoms. The lowest BCUT2D eigenvalue weighted by atomic mass is 9.92. The number of rotatable bonds is 12. The molecule has 1 aliphatic rings. The van der Waals surface area contributed by atoms with E-state index in [0.29, 0.717) is 12.8 Å². The molecule has 1 aromatic carbocycles. The SMILES string of the molecule is O=C(O)CC/C=C\CCC[C@H]1[C@@H](O)CO[C@@H]1/C=C/[C@H](O)COc1cccc(C(F)(F)F)c1. The number of hydrogen-bond acceptors (Lipinski definition) is 5. The molecule has 1 aliphatic heterocycles. The fraction of sp³-hybridized carbons (Fsp3) is 0.522. The van der Waals surface area contributed by atoms with Gasteiger partial charge in [0.05, 0.1) is 24.4 Å². The van der Waals surface area contributed by atoms with E-state index in [2.05, 4.69) is 0 Å². The lowest BCUT2D eigenvalue weighted by Gasteiger charge is -2.18. The first-order valence-electron chi connectivity index (χ1n) is 10.5. The summed E-state index contributed by atoms with van der Waals surface area (Å²) in [5, 5.41) is 28.8. The quantitative estimate of drug-likeness (QED) is 0.324. The zero-order valence-electron chi connectivity index (χ0n) is 17.6. The van der Waals surface area contributed by atoms with Crippen LogP contribution in [0.2, 0.25) is 0 Å². The van der Waals surface area contributed by atoms with Crippen LogP contribution in [-0.4, -0.2) is 52.8 Å². The van der Waals surface area contributed by atoms with Crippen LogP contribution in [0.4, 0.5) is 13.2 Å². The van der Waals surface area contributed by atoms with E-state index in [0.717, 1.165) is 25.0 Å².